The molecular formula is C17H23NO5. The topological polar surface area (TPSA) is 92.7 Å². The number of unbranched alkanes of at least 4 members (excludes halogenated alkanes) is 1. The van der Waals surface area contributed by atoms with Crippen LogP contribution >= 0.6 is 0 Å². The van der Waals surface area contributed by atoms with Gasteiger partial charge in [-0.2, -0.15) is 5.48 Å². The minimum Gasteiger partial charge on any atom is -0.478 e. The zero-order valence-electron chi connectivity index (χ0n) is 13.7. The van der Waals surface area contributed by atoms with E-state index in [1.54, 1.807) is 39.0 Å². The fourth-order valence-electron chi connectivity index (χ4n) is 1.78. The van der Waals surface area contributed by atoms with Gasteiger partial charge in [-0.1, -0.05) is 12.1 Å². The average Bonchev–Trinajstić information content (AvgIpc) is 2.48. The number of amides is 1. The highest BCUT2D eigenvalue weighted by Gasteiger charge is 2.24. The minimum atomic E-state index is -0.952. The molecule has 0 saturated carbocycles. The van der Waals surface area contributed by atoms with E-state index in [-0.39, 0.29) is 17.9 Å². The molecule has 1 aromatic carbocycles. The van der Waals surface area contributed by atoms with Gasteiger partial charge in [-0.05, 0) is 57.7 Å². The number of hydrogen-bond donors (Lipinski definition) is 2. The Bertz CT molecular complexity index is 575. The molecule has 0 atom stereocenters. The summed E-state index contributed by atoms with van der Waals surface area (Å²) in [6, 6.07) is 6.74. The van der Waals surface area contributed by atoms with Crippen molar-refractivity contribution in [2.24, 2.45) is 5.41 Å². The average molecular weight is 321 g/mol. The number of hydroxylamine groups is 1. The van der Waals surface area contributed by atoms with Crippen LogP contribution in [0, 0.1) is 5.41 Å². The molecule has 0 aliphatic rings. The molecular weight excluding hydrogens is 298 g/mol. The molecule has 0 saturated heterocycles. The first-order valence-electron chi connectivity index (χ1n) is 7.52. The fourth-order valence-corrected chi connectivity index (χ4v) is 1.78. The van der Waals surface area contributed by atoms with Crippen LogP contribution in [0.25, 0.3) is 0 Å². The van der Waals surface area contributed by atoms with Crippen LogP contribution in [0.4, 0.5) is 0 Å². The highest BCUT2D eigenvalue weighted by Crippen LogP contribution is 2.14. The first kappa shape index (κ1) is 18.7. The number of rotatable bonds is 6. The van der Waals surface area contributed by atoms with Crippen molar-refractivity contribution in [2.45, 2.75) is 46.5 Å². The second kappa shape index (κ2) is 8.31. The molecule has 23 heavy (non-hydrogen) atoms. The van der Waals surface area contributed by atoms with Crippen molar-refractivity contribution >= 4 is 17.8 Å². The van der Waals surface area contributed by atoms with Crippen LogP contribution in [0.1, 0.15) is 56.0 Å². The number of nitrogens with one attached hydrogen (secondary N) is 1. The lowest BCUT2D eigenvalue weighted by Crippen LogP contribution is -2.33. The Hall–Kier alpha value is -2.37. The number of carbonyl (C=O) groups excluding carboxylic acids is 2. The number of carbonyl (C=O) groups is 3. The molecule has 2 N–H and O–H groups in total. The number of carboxylic acids is 1. The van der Waals surface area contributed by atoms with Crippen molar-refractivity contribution in [1.82, 2.24) is 5.48 Å². The lowest BCUT2D eigenvalue weighted by Gasteiger charge is -2.15. The van der Waals surface area contributed by atoms with E-state index in [1.165, 1.54) is 0 Å². The van der Waals surface area contributed by atoms with E-state index in [0.717, 1.165) is 12.0 Å². The summed E-state index contributed by atoms with van der Waals surface area (Å²) in [5, 5.41) is 8.92. The molecule has 1 aromatic rings. The van der Waals surface area contributed by atoms with Crippen LogP contribution in [0.5, 0.6) is 0 Å². The van der Waals surface area contributed by atoms with E-state index in [0.29, 0.717) is 12.8 Å². The molecule has 0 bridgehead atoms. The van der Waals surface area contributed by atoms with Crippen LogP contribution in [0.3, 0.4) is 0 Å². The third-order valence-corrected chi connectivity index (χ3v) is 3.16. The van der Waals surface area contributed by atoms with E-state index < -0.39 is 17.4 Å². The van der Waals surface area contributed by atoms with E-state index in [2.05, 4.69) is 5.48 Å². The lowest BCUT2D eigenvalue weighted by atomic mass is 9.98. The molecule has 6 heteroatoms. The van der Waals surface area contributed by atoms with Gasteiger partial charge >= 0.3 is 11.9 Å². The van der Waals surface area contributed by atoms with Gasteiger partial charge in [0.05, 0.1) is 11.0 Å². The molecule has 0 radical (unpaired) electrons. The molecule has 0 unspecified atom stereocenters. The number of aryl methyl sites for hydroxylation is 1. The molecule has 126 valence electrons. The third-order valence-electron chi connectivity index (χ3n) is 3.16. The summed E-state index contributed by atoms with van der Waals surface area (Å²) in [5.74, 6) is -1.79. The van der Waals surface area contributed by atoms with Crippen LogP contribution in [0.2, 0.25) is 0 Å². The summed E-state index contributed by atoms with van der Waals surface area (Å²) in [5.41, 5.74) is 2.66. The quantitative estimate of drug-likeness (QED) is 0.621. The van der Waals surface area contributed by atoms with E-state index in [1.807, 2.05) is 6.07 Å². The Morgan fingerprint density at radius 3 is 2.48 bits per heavy atom. The van der Waals surface area contributed by atoms with Crippen LogP contribution in [-0.2, 0) is 20.8 Å². The number of carboxylic acid groups (broad SMARTS) is 1. The largest absolute Gasteiger partial charge is 0.478 e. The van der Waals surface area contributed by atoms with Crippen molar-refractivity contribution in [3.63, 3.8) is 0 Å². The first-order chi connectivity index (χ1) is 10.7. The Morgan fingerprint density at radius 1 is 1.17 bits per heavy atom. The standard InChI is InChI=1S/C17H23NO5/c1-17(2,3)16(22)23-18-14(19)10-5-4-7-12-8-6-9-13(11-12)15(20)21/h6,8-9,11H,4-5,7,10H2,1-3H3,(H,18,19)(H,20,21). The van der Waals surface area contributed by atoms with Crippen LogP contribution < -0.4 is 5.48 Å². The summed E-state index contributed by atoms with van der Waals surface area (Å²) in [6.45, 7) is 5.10. The second-order valence-electron chi connectivity index (χ2n) is 6.38. The molecule has 0 spiro atoms. The van der Waals surface area contributed by atoms with Crippen LogP contribution in [-0.4, -0.2) is 23.0 Å². The zero-order chi connectivity index (χ0) is 17.5. The van der Waals surface area contributed by atoms with Gasteiger partial charge in [0.15, 0.2) is 0 Å². The zero-order valence-corrected chi connectivity index (χ0v) is 13.7. The number of hydrogen-bond acceptors (Lipinski definition) is 4. The maximum atomic E-state index is 11.6. The molecule has 0 fully saturated rings. The van der Waals surface area contributed by atoms with Gasteiger partial charge in [0.25, 0.3) is 5.91 Å². The summed E-state index contributed by atoms with van der Waals surface area (Å²) in [6.07, 6.45) is 2.30. The Morgan fingerprint density at radius 2 is 1.87 bits per heavy atom. The molecule has 0 aromatic heterocycles. The van der Waals surface area contributed by atoms with Crippen molar-refractivity contribution < 1.29 is 24.3 Å². The monoisotopic (exact) mass is 321 g/mol. The van der Waals surface area contributed by atoms with Gasteiger partial charge < -0.3 is 9.94 Å². The van der Waals surface area contributed by atoms with E-state index in [9.17, 15) is 14.4 Å². The predicted octanol–water partition coefficient (Wildman–Crippen LogP) is 2.72. The summed E-state index contributed by atoms with van der Waals surface area (Å²) in [4.78, 5) is 38.6. The minimum absolute atomic E-state index is 0.246. The van der Waals surface area contributed by atoms with Crippen molar-refractivity contribution in [2.75, 3.05) is 0 Å². The Labute approximate surface area is 135 Å². The van der Waals surface area contributed by atoms with Gasteiger partial charge in [-0.25, -0.2) is 9.59 Å². The third kappa shape index (κ3) is 6.95. The normalized spacial score (nSPS) is 10.9. The van der Waals surface area contributed by atoms with Crippen molar-refractivity contribution in [3.8, 4) is 0 Å². The fraction of sp³-hybridized carbons (Fsp3) is 0.471. The van der Waals surface area contributed by atoms with E-state index in [4.69, 9.17) is 9.94 Å². The molecule has 1 rings (SSSR count). The second-order valence-corrected chi connectivity index (χ2v) is 6.38. The maximum Gasteiger partial charge on any atom is 0.337 e. The number of aromatic carboxylic acids is 1. The van der Waals surface area contributed by atoms with Crippen LogP contribution in [0.15, 0.2) is 24.3 Å². The smallest absolute Gasteiger partial charge is 0.337 e. The molecule has 0 aliphatic heterocycles. The summed E-state index contributed by atoms with van der Waals surface area (Å²) >= 11 is 0. The highest BCUT2D eigenvalue weighted by atomic mass is 16.7. The predicted molar refractivity (Wildman–Crippen MR) is 84.6 cm³/mol. The Balaban J connectivity index is 2.27. The summed E-state index contributed by atoms with van der Waals surface area (Å²) in [7, 11) is 0. The molecule has 0 heterocycles. The first-order valence-corrected chi connectivity index (χ1v) is 7.52. The van der Waals surface area contributed by atoms with Gasteiger partial charge in [-0.3, -0.25) is 4.79 Å². The summed E-state index contributed by atoms with van der Waals surface area (Å²) < 4.78 is 0. The highest BCUT2D eigenvalue weighted by molar-refractivity contribution is 5.87. The van der Waals surface area contributed by atoms with Gasteiger partial charge in [0.1, 0.15) is 0 Å². The molecule has 6 nitrogen and oxygen atoms in total. The van der Waals surface area contributed by atoms with Crippen molar-refractivity contribution in [3.05, 3.63) is 35.4 Å². The van der Waals surface area contributed by atoms with E-state index >= 15 is 0 Å². The Kier molecular flexibility index (Phi) is 6.75. The number of benzene rings is 1. The van der Waals surface area contributed by atoms with Gasteiger partial charge in [0, 0.05) is 6.42 Å². The maximum absolute atomic E-state index is 11.6. The van der Waals surface area contributed by atoms with Crippen molar-refractivity contribution in [1.29, 1.82) is 0 Å². The van der Waals surface area contributed by atoms with Gasteiger partial charge in [-0.15, -0.1) is 0 Å². The lowest BCUT2D eigenvalue weighted by molar-refractivity contribution is -0.166. The van der Waals surface area contributed by atoms with Gasteiger partial charge in [0.2, 0.25) is 0 Å². The molecule has 1 amide bonds. The SMILES string of the molecule is CC(C)(C)C(=O)ONC(=O)CCCCc1cccc(C(=O)O)c1. The molecule has 0 aliphatic carbocycles.